The van der Waals surface area contributed by atoms with Crippen LogP contribution in [0.5, 0.6) is 0 Å². The zero-order chi connectivity index (χ0) is 15.1. The van der Waals surface area contributed by atoms with Crippen LogP contribution in [-0.4, -0.2) is 57.2 Å². The van der Waals surface area contributed by atoms with Crippen molar-refractivity contribution < 1.29 is 9.53 Å². The first-order valence-electron chi connectivity index (χ1n) is 7.60. The lowest BCUT2D eigenvalue weighted by Crippen LogP contribution is -2.47. The molecule has 0 aliphatic carbocycles. The largest absolute Gasteiger partial charge is 0.380 e. The maximum absolute atomic E-state index is 11.8. The molecule has 116 valence electrons. The number of ether oxygens (including phenoxy) is 1. The minimum atomic E-state index is -0.0403. The summed E-state index contributed by atoms with van der Waals surface area (Å²) < 4.78 is 5.47. The van der Waals surface area contributed by atoms with Crippen molar-refractivity contribution in [1.29, 1.82) is 0 Å². The van der Waals surface area contributed by atoms with Gasteiger partial charge in [0.25, 0.3) is 5.91 Å². The Morgan fingerprint density at radius 1 is 1.52 bits per heavy atom. The van der Waals surface area contributed by atoms with E-state index in [9.17, 15) is 4.79 Å². The standard InChI is InChI=1S/C16H25N3O2/c1-3-21-10-9-19-8-7-18-12-15(19)13-5-4-6-14(11-13)16(20)17-2/h4-6,11,15,18H,3,7-10,12H2,1-2H3,(H,17,20)/t15-/m1/s1. The van der Waals surface area contributed by atoms with Crippen LogP contribution in [0.2, 0.25) is 0 Å². The van der Waals surface area contributed by atoms with Gasteiger partial charge in [0.2, 0.25) is 0 Å². The van der Waals surface area contributed by atoms with Crippen LogP contribution in [0.1, 0.15) is 28.9 Å². The molecule has 0 bridgehead atoms. The SMILES string of the molecule is CCOCCN1CCNC[C@@H]1c1cccc(C(=O)NC)c1. The van der Waals surface area contributed by atoms with Gasteiger partial charge in [-0.25, -0.2) is 0 Å². The summed E-state index contributed by atoms with van der Waals surface area (Å²) in [6.45, 7) is 7.35. The summed E-state index contributed by atoms with van der Waals surface area (Å²) in [6, 6.07) is 8.18. The number of nitrogens with one attached hydrogen (secondary N) is 2. The van der Waals surface area contributed by atoms with Gasteiger partial charge in [0.1, 0.15) is 0 Å². The number of piperazine rings is 1. The number of amides is 1. The van der Waals surface area contributed by atoms with Crippen LogP contribution in [-0.2, 0) is 4.74 Å². The second kappa shape index (κ2) is 8.12. The number of rotatable bonds is 6. The molecule has 0 aromatic heterocycles. The first kappa shape index (κ1) is 15.9. The minimum Gasteiger partial charge on any atom is -0.380 e. The molecule has 1 aliphatic heterocycles. The lowest BCUT2D eigenvalue weighted by atomic mass is 10.0. The Morgan fingerprint density at radius 3 is 3.14 bits per heavy atom. The van der Waals surface area contributed by atoms with Gasteiger partial charge in [-0.3, -0.25) is 9.69 Å². The van der Waals surface area contributed by atoms with E-state index in [1.54, 1.807) is 7.05 Å². The molecule has 0 unspecified atom stereocenters. The van der Waals surface area contributed by atoms with Gasteiger partial charge in [-0.15, -0.1) is 0 Å². The smallest absolute Gasteiger partial charge is 0.251 e. The topological polar surface area (TPSA) is 53.6 Å². The van der Waals surface area contributed by atoms with E-state index in [4.69, 9.17) is 4.74 Å². The van der Waals surface area contributed by atoms with Crippen LogP contribution in [0, 0.1) is 0 Å². The molecule has 5 heteroatoms. The molecule has 1 aromatic rings. The van der Waals surface area contributed by atoms with E-state index in [-0.39, 0.29) is 5.91 Å². The maximum Gasteiger partial charge on any atom is 0.251 e. The van der Waals surface area contributed by atoms with Crippen LogP contribution >= 0.6 is 0 Å². The Labute approximate surface area is 126 Å². The zero-order valence-electron chi connectivity index (χ0n) is 12.9. The fourth-order valence-electron chi connectivity index (χ4n) is 2.70. The first-order chi connectivity index (χ1) is 10.3. The number of hydrogen-bond acceptors (Lipinski definition) is 4. The van der Waals surface area contributed by atoms with Gasteiger partial charge in [0.15, 0.2) is 0 Å². The number of nitrogens with zero attached hydrogens (tertiary/aromatic N) is 1. The second-order valence-electron chi connectivity index (χ2n) is 5.16. The first-order valence-corrected chi connectivity index (χ1v) is 7.60. The molecule has 1 aliphatic rings. The van der Waals surface area contributed by atoms with Crippen molar-refractivity contribution in [3.8, 4) is 0 Å². The average Bonchev–Trinajstić information content (AvgIpc) is 2.55. The molecule has 1 amide bonds. The van der Waals surface area contributed by atoms with E-state index in [0.717, 1.165) is 39.4 Å². The van der Waals surface area contributed by atoms with Crippen molar-refractivity contribution in [2.75, 3.05) is 46.4 Å². The van der Waals surface area contributed by atoms with Crippen molar-refractivity contribution in [3.63, 3.8) is 0 Å². The van der Waals surface area contributed by atoms with Crippen LogP contribution in [0.25, 0.3) is 0 Å². The summed E-state index contributed by atoms with van der Waals surface area (Å²) in [5.41, 5.74) is 1.89. The van der Waals surface area contributed by atoms with E-state index in [0.29, 0.717) is 11.6 Å². The van der Waals surface area contributed by atoms with Gasteiger partial charge in [-0.1, -0.05) is 12.1 Å². The van der Waals surface area contributed by atoms with Gasteiger partial charge in [-0.2, -0.15) is 0 Å². The number of carbonyl (C=O) groups is 1. The highest BCUT2D eigenvalue weighted by molar-refractivity contribution is 5.94. The van der Waals surface area contributed by atoms with E-state index in [2.05, 4.69) is 21.6 Å². The van der Waals surface area contributed by atoms with Crippen LogP contribution in [0.15, 0.2) is 24.3 Å². The number of carbonyl (C=O) groups excluding carboxylic acids is 1. The number of benzene rings is 1. The lowest BCUT2D eigenvalue weighted by molar-refractivity contribution is 0.0827. The molecule has 2 N–H and O–H groups in total. The lowest BCUT2D eigenvalue weighted by Gasteiger charge is -2.36. The van der Waals surface area contributed by atoms with Gasteiger partial charge >= 0.3 is 0 Å². The van der Waals surface area contributed by atoms with Crippen LogP contribution in [0.4, 0.5) is 0 Å². The Hall–Kier alpha value is -1.43. The number of hydrogen-bond donors (Lipinski definition) is 2. The monoisotopic (exact) mass is 291 g/mol. The third kappa shape index (κ3) is 4.27. The van der Waals surface area contributed by atoms with Gasteiger partial charge in [0, 0.05) is 51.4 Å². The highest BCUT2D eigenvalue weighted by Crippen LogP contribution is 2.22. The van der Waals surface area contributed by atoms with E-state index >= 15 is 0 Å². The third-order valence-electron chi connectivity index (χ3n) is 3.84. The van der Waals surface area contributed by atoms with Gasteiger partial charge in [-0.05, 0) is 24.6 Å². The van der Waals surface area contributed by atoms with Crippen molar-refractivity contribution in [2.24, 2.45) is 0 Å². The predicted octanol–water partition coefficient (Wildman–Crippen LogP) is 1.03. The molecule has 2 rings (SSSR count). The van der Waals surface area contributed by atoms with E-state index in [1.165, 1.54) is 5.56 Å². The molecule has 0 spiro atoms. The molecule has 1 fully saturated rings. The van der Waals surface area contributed by atoms with Gasteiger partial charge in [0.05, 0.1) is 6.61 Å². The van der Waals surface area contributed by atoms with Crippen LogP contribution < -0.4 is 10.6 Å². The highest BCUT2D eigenvalue weighted by Gasteiger charge is 2.23. The van der Waals surface area contributed by atoms with Crippen molar-refractivity contribution >= 4 is 5.91 Å². The van der Waals surface area contributed by atoms with E-state index < -0.39 is 0 Å². The Bertz CT molecular complexity index is 465. The van der Waals surface area contributed by atoms with Crippen molar-refractivity contribution in [1.82, 2.24) is 15.5 Å². The molecule has 1 atom stereocenters. The summed E-state index contributed by atoms with van der Waals surface area (Å²) >= 11 is 0. The molecule has 1 saturated heterocycles. The molecule has 0 radical (unpaired) electrons. The second-order valence-corrected chi connectivity index (χ2v) is 5.16. The third-order valence-corrected chi connectivity index (χ3v) is 3.84. The normalized spacial score (nSPS) is 19.4. The fourth-order valence-corrected chi connectivity index (χ4v) is 2.70. The summed E-state index contributed by atoms with van der Waals surface area (Å²) in [4.78, 5) is 14.2. The molecule has 21 heavy (non-hydrogen) atoms. The molecule has 5 nitrogen and oxygen atoms in total. The minimum absolute atomic E-state index is 0.0403. The van der Waals surface area contributed by atoms with Crippen molar-refractivity contribution in [3.05, 3.63) is 35.4 Å². The summed E-state index contributed by atoms with van der Waals surface area (Å²) in [5, 5.41) is 6.11. The van der Waals surface area contributed by atoms with E-state index in [1.807, 2.05) is 25.1 Å². The summed E-state index contributed by atoms with van der Waals surface area (Å²) in [7, 11) is 1.66. The van der Waals surface area contributed by atoms with Gasteiger partial charge < -0.3 is 15.4 Å². The maximum atomic E-state index is 11.8. The Morgan fingerprint density at radius 2 is 2.38 bits per heavy atom. The predicted molar refractivity (Wildman–Crippen MR) is 83.5 cm³/mol. The quantitative estimate of drug-likeness (QED) is 0.769. The zero-order valence-corrected chi connectivity index (χ0v) is 12.9. The Balaban J connectivity index is 2.11. The Kier molecular flexibility index (Phi) is 6.17. The molecular weight excluding hydrogens is 266 g/mol. The molecule has 1 aromatic carbocycles. The molecule has 1 heterocycles. The summed E-state index contributed by atoms with van der Waals surface area (Å²) in [5.74, 6) is -0.0403. The van der Waals surface area contributed by atoms with Crippen molar-refractivity contribution in [2.45, 2.75) is 13.0 Å². The molecular formula is C16H25N3O2. The molecule has 0 saturated carbocycles. The average molecular weight is 291 g/mol. The highest BCUT2D eigenvalue weighted by atomic mass is 16.5. The van der Waals surface area contributed by atoms with Crippen LogP contribution in [0.3, 0.4) is 0 Å². The fraction of sp³-hybridized carbons (Fsp3) is 0.562. The summed E-state index contributed by atoms with van der Waals surface area (Å²) in [6.07, 6.45) is 0.